The lowest BCUT2D eigenvalue weighted by Crippen LogP contribution is -2.37. The van der Waals surface area contributed by atoms with Crippen LogP contribution in [0.3, 0.4) is 0 Å². The van der Waals surface area contributed by atoms with E-state index in [1.54, 1.807) is 0 Å². The molecule has 46 heavy (non-hydrogen) atoms. The highest BCUT2D eigenvalue weighted by Gasteiger charge is 2.32. The molecule has 1 aliphatic heterocycles. The highest BCUT2D eigenvalue weighted by atomic mass is 16.7. The van der Waals surface area contributed by atoms with Crippen molar-refractivity contribution >= 4 is 11.9 Å². The lowest BCUT2D eigenvalue weighted by molar-refractivity contribution is -0.252. The van der Waals surface area contributed by atoms with Crippen molar-refractivity contribution in [1.29, 1.82) is 0 Å². The maximum atomic E-state index is 12.1. The van der Waals surface area contributed by atoms with E-state index in [9.17, 15) is 14.7 Å². The van der Waals surface area contributed by atoms with Crippen LogP contribution in [-0.4, -0.2) is 46.7 Å². The Bertz CT molecular complexity index is 1560. The molecule has 4 aromatic carbocycles. The van der Waals surface area contributed by atoms with Crippen LogP contribution in [0.2, 0.25) is 0 Å². The number of carbonyl (C=O) groups excluding carboxylic acids is 1. The largest absolute Gasteiger partial charge is 0.481 e. The highest BCUT2D eigenvalue weighted by molar-refractivity contribution is 5.76. The Morgan fingerprint density at radius 2 is 1.52 bits per heavy atom. The summed E-state index contributed by atoms with van der Waals surface area (Å²) in [6.45, 7) is 1.95. The second-order valence-corrected chi connectivity index (χ2v) is 11.9. The Labute approximate surface area is 270 Å². The molecule has 1 aliphatic rings. The molecular formula is C38H42N2O6. The fourth-order valence-corrected chi connectivity index (χ4v) is 5.72. The molecule has 1 saturated heterocycles. The number of nitrogens with zero attached hydrogens (tertiary/aromatic N) is 1. The average Bonchev–Trinajstić information content (AvgIpc) is 3.07. The summed E-state index contributed by atoms with van der Waals surface area (Å²) in [6, 6.07) is 34.5. The first-order valence-electron chi connectivity index (χ1n) is 15.8. The molecule has 1 fully saturated rings. The van der Waals surface area contributed by atoms with E-state index < -0.39 is 12.3 Å². The zero-order chi connectivity index (χ0) is 32.3. The number of nitrogens with one attached hydrogen (secondary N) is 1. The summed E-state index contributed by atoms with van der Waals surface area (Å²) < 4.78 is 13.1. The molecule has 1 amide bonds. The number of carboxylic acid groups (broad SMARTS) is 1. The minimum Gasteiger partial charge on any atom is -0.481 e. The second kappa shape index (κ2) is 16.3. The monoisotopic (exact) mass is 622 g/mol. The van der Waals surface area contributed by atoms with Crippen LogP contribution < -0.4 is 5.32 Å². The number of ether oxygens (including phenoxy) is 2. The average molecular weight is 623 g/mol. The van der Waals surface area contributed by atoms with Crippen molar-refractivity contribution in [3.05, 3.63) is 131 Å². The molecule has 1 heterocycles. The molecule has 3 atom stereocenters. The van der Waals surface area contributed by atoms with Crippen molar-refractivity contribution in [3.8, 4) is 11.1 Å². The number of aliphatic hydroxyl groups is 1. The van der Waals surface area contributed by atoms with Gasteiger partial charge in [0.05, 0.1) is 18.8 Å². The summed E-state index contributed by atoms with van der Waals surface area (Å²) in [5.41, 5.74) is 7.13. The van der Waals surface area contributed by atoms with Crippen LogP contribution in [0.15, 0.2) is 103 Å². The van der Waals surface area contributed by atoms with E-state index in [1.807, 2.05) is 66.7 Å². The van der Waals surface area contributed by atoms with Crippen LogP contribution in [0, 0.1) is 0 Å². The third kappa shape index (κ3) is 9.58. The van der Waals surface area contributed by atoms with E-state index in [0.29, 0.717) is 13.0 Å². The predicted octanol–water partition coefficient (Wildman–Crippen LogP) is 6.39. The fraction of sp³-hybridized carbons (Fsp3) is 0.316. The Hall–Kier alpha value is -4.34. The van der Waals surface area contributed by atoms with Crippen LogP contribution in [0.5, 0.6) is 0 Å². The van der Waals surface area contributed by atoms with Crippen molar-refractivity contribution in [2.45, 2.75) is 63.9 Å². The Balaban J connectivity index is 1.26. The molecule has 5 rings (SSSR count). The third-order valence-electron chi connectivity index (χ3n) is 8.15. The number of likely N-dealkylation sites (N-methyl/N-ethyl adjacent to an activating group) is 1. The Morgan fingerprint density at radius 1 is 0.804 bits per heavy atom. The van der Waals surface area contributed by atoms with Crippen LogP contribution in [-0.2, 0) is 38.8 Å². The first kappa shape index (κ1) is 33.0. The van der Waals surface area contributed by atoms with E-state index in [2.05, 4.69) is 53.7 Å². The lowest BCUT2D eigenvalue weighted by Gasteiger charge is -2.38. The SMILES string of the molecule is CN(Cc1ccccc1)C[C@@H]1C[C@H](c2ccc(CO)cc2)O[C@H](c2ccc(-c3cccc(CNC(=O)CCCC(=O)O)c3)cc2)O1. The summed E-state index contributed by atoms with van der Waals surface area (Å²) in [5.74, 6) is -1.05. The van der Waals surface area contributed by atoms with Gasteiger partial charge in [0.1, 0.15) is 0 Å². The number of rotatable bonds is 14. The topological polar surface area (TPSA) is 108 Å². The molecule has 0 aliphatic carbocycles. The predicted molar refractivity (Wildman–Crippen MR) is 176 cm³/mol. The van der Waals surface area contributed by atoms with Crippen LogP contribution in [0.4, 0.5) is 0 Å². The molecule has 0 radical (unpaired) electrons. The molecule has 240 valence electrons. The summed E-state index contributed by atoms with van der Waals surface area (Å²) in [7, 11) is 2.11. The van der Waals surface area contributed by atoms with Gasteiger partial charge < -0.3 is 25.0 Å². The molecule has 8 heteroatoms. The number of hydrogen-bond donors (Lipinski definition) is 3. The number of aliphatic carboxylic acids is 1. The molecule has 0 unspecified atom stereocenters. The van der Waals surface area contributed by atoms with E-state index in [4.69, 9.17) is 14.6 Å². The smallest absolute Gasteiger partial charge is 0.303 e. The zero-order valence-corrected chi connectivity index (χ0v) is 26.2. The van der Waals surface area contributed by atoms with Gasteiger partial charge in [-0.3, -0.25) is 14.5 Å². The van der Waals surface area contributed by atoms with E-state index in [0.717, 1.165) is 52.9 Å². The van der Waals surface area contributed by atoms with E-state index in [-0.39, 0.29) is 37.6 Å². The zero-order valence-electron chi connectivity index (χ0n) is 26.2. The van der Waals surface area contributed by atoms with E-state index >= 15 is 0 Å². The van der Waals surface area contributed by atoms with Crippen molar-refractivity contribution in [2.24, 2.45) is 0 Å². The van der Waals surface area contributed by atoms with Gasteiger partial charge in [-0.2, -0.15) is 0 Å². The maximum absolute atomic E-state index is 12.1. The van der Waals surface area contributed by atoms with Crippen LogP contribution >= 0.6 is 0 Å². The minimum atomic E-state index is -0.896. The standard InChI is InChI=1S/C38H42N2O6/c1-40(24-27-7-3-2-4-8-27)25-34-22-35(31-15-13-28(26-41)14-16-31)46-38(45-34)32-19-17-30(18-20-32)33-10-5-9-29(21-33)23-39-36(42)11-6-12-37(43)44/h2-5,7-10,13-21,34-35,38,41H,6,11-12,22-26H2,1H3,(H,39,42)(H,43,44)/t34-,35+,38+/m0/s1. The van der Waals surface area contributed by atoms with Gasteiger partial charge in [-0.05, 0) is 52.9 Å². The Morgan fingerprint density at radius 3 is 2.24 bits per heavy atom. The molecule has 0 spiro atoms. The number of carboxylic acids is 1. The van der Waals surface area contributed by atoms with Crippen molar-refractivity contribution in [1.82, 2.24) is 10.2 Å². The lowest BCUT2D eigenvalue weighted by atomic mass is 9.99. The van der Waals surface area contributed by atoms with Gasteiger partial charge in [-0.15, -0.1) is 0 Å². The molecule has 4 aromatic rings. The normalized spacial score (nSPS) is 17.9. The number of amides is 1. The van der Waals surface area contributed by atoms with Gasteiger partial charge in [0.25, 0.3) is 0 Å². The van der Waals surface area contributed by atoms with E-state index in [1.165, 1.54) is 5.56 Å². The van der Waals surface area contributed by atoms with Gasteiger partial charge in [-0.1, -0.05) is 97.1 Å². The first-order chi connectivity index (χ1) is 22.4. The third-order valence-corrected chi connectivity index (χ3v) is 8.15. The first-order valence-corrected chi connectivity index (χ1v) is 15.8. The van der Waals surface area contributed by atoms with Gasteiger partial charge in [-0.25, -0.2) is 0 Å². The number of benzene rings is 4. The molecule has 3 N–H and O–H groups in total. The highest BCUT2D eigenvalue weighted by Crippen LogP contribution is 2.38. The quantitative estimate of drug-likeness (QED) is 0.150. The summed E-state index contributed by atoms with van der Waals surface area (Å²) in [5, 5.41) is 21.2. The van der Waals surface area contributed by atoms with Gasteiger partial charge in [0, 0.05) is 44.5 Å². The number of aliphatic hydroxyl groups excluding tert-OH is 1. The summed E-state index contributed by atoms with van der Waals surface area (Å²) in [4.78, 5) is 25.1. The Kier molecular flexibility index (Phi) is 11.7. The number of carbonyl (C=O) groups is 2. The van der Waals surface area contributed by atoms with Gasteiger partial charge >= 0.3 is 5.97 Å². The molecule has 0 saturated carbocycles. The van der Waals surface area contributed by atoms with Crippen LogP contribution in [0.25, 0.3) is 11.1 Å². The second-order valence-electron chi connectivity index (χ2n) is 11.9. The summed E-state index contributed by atoms with van der Waals surface area (Å²) >= 11 is 0. The molecule has 8 nitrogen and oxygen atoms in total. The fourth-order valence-electron chi connectivity index (χ4n) is 5.72. The minimum absolute atomic E-state index is 0.00291. The van der Waals surface area contributed by atoms with Crippen molar-refractivity contribution < 1.29 is 29.3 Å². The van der Waals surface area contributed by atoms with Crippen LogP contribution in [0.1, 0.15) is 65.9 Å². The molecule has 0 aromatic heterocycles. The van der Waals surface area contributed by atoms with Gasteiger partial charge in [0.15, 0.2) is 6.29 Å². The van der Waals surface area contributed by atoms with Crippen molar-refractivity contribution in [3.63, 3.8) is 0 Å². The maximum Gasteiger partial charge on any atom is 0.303 e. The van der Waals surface area contributed by atoms with Crippen molar-refractivity contribution in [2.75, 3.05) is 13.6 Å². The summed E-state index contributed by atoms with van der Waals surface area (Å²) in [6.07, 6.45) is 0.475. The number of hydrogen-bond acceptors (Lipinski definition) is 6. The van der Waals surface area contributed by atoms with Gasteiger partial charge in [0.2, 0.25) is 5.91 Å². The molecular weight excluding hydrogens is 580 g/mol. The molecule has 0 bridgehead atoms.